The first-order chi connectivity index (χ1) is 8.53. The van der Waals surface area contributed by atoms with Gasteiger partial charge < -0.3 is 15.2 Å². The Bertz CT molecular complexity index is 344. The summed E-state index contributed by atoms with van der Waals surface area (Å²) in [6.45, 7) is 12.0. The van der Waals surface area contributed by atoms with E-state index in [1.807, 2.05) is 20.8 Å². The number of nitrogens with one attached hydrogen (secondary N) is 1. The summed E-state index contributed by atoms with van der Waals surface area (Å²) in [7, 11) is -1.47. The number of ether oxygens (including phenoxy) is 1. The molecule has 0 aliphatic heterocycles. The van der Waals surface area contributed by atoms with Crippen LogP contribution in [0.15, 0.2) is 0 Å². The van der Waals surface area contributed by atoms with E-state index in [1.165, 1.54) is 0 Å². The number of aliphatic hydroxyl groups excluding tert-OH is 1. The van der Waals surface area contributed by atoms with Gasteiger partial charge in [-0.25, -0.2) is 4.79 Å². The van der Waals surface area contributed by atoms with Crippen LogP contribution in [-0.4, -0.2) is 37.5 Å². The molecule has 0 radical (unpaired) electrons. The molecule has 0 bridgehead atoms. The third-order valence-corrected chi connectivity index (χ3v) is 2.86. The zero-order chi connectivity index (χ0) is 15.1. The van der Waals surface area contributed by atoms with Crippen molar-refractivity contribution in [2.75, 3.05) is 6.61 Å². The standard InChI is InChI=1S/C14H27NO3Si/c1-14(2,3)18-13(17)15-12(8-7-10-16)9-11-19(4,5)6/h12,16H,7-8,10H2,1-6H3,(H,15,17)/t12-/m1/s1. The Labute approximate surface area is 117 Å². The molecule has 0 aliphatic rings. The average molecular weight is 285 g/mol. The van der Waals surface area contributed by atoms with Crippen molar-refractivity contribution < 1.29 is 14.6 Å². The van der Waals surface area contributed by atoms with Crippen LogP contribution in [0.2, 0.25) is 19.6 Å². The largest absolute Gasteiger partial charge is 0.444 e. The van der Waals surface area contributed by atoms with Crippen LogP contribution in [0.3, 0.4) is 0 Å². The maximum absolute atomic E-state index is 11.7. The summed E-state index contributed by atoms with van der Waals surface area (Å²) in [4.78, 5) is 11.7. The molecule has 19 heavy (non-hydrogen) atoms. The van der Waals surface area contributed by atoms with E-state index < -0.39 is 19.8 Å². The second-order valence-corrected chi connectivity index (χ2v) is 11.3. The van der Waals surface area contributed by atoms with Crippen molar-refractivity contribution in [1.82, 2.24) is 5.32 Å². The van der Waals surface area contributed by atoms with Crippen molar-refractivity contribution in [2.45, 2.75) is 64.9 Å². The predicted octanol–water partition coefficient (Wildman–Crippen LogP) is 2.53. The number of rotatable bonds is 4. The van der Waals surface area contributed by atoms with E-state index >= 15 is 0 Å². The van der Waals surface area contributed by atoms with Crippen molar-refractivity contribution in [1.29, 1.82) is 0 Å². The van der Waals surface area contributed by atoms with Gasteiger partial charge >= 0.3 is 6.09 Å². The van der Waals surface area contributed by atoms with E-state index in [0.717, 1.165) is 0 Å². The molecule has 0 aromatic heterocycles. The van der Waals surface area contributed by atoms with Gasteiger partial charge in [-0.1, -0.05) is 25.6 Å². The monoisotopic (exact) mass is 285 g/mol. The predicted molar refractivity (Wildman–Crippen MR) is 80.6 cm³/mol. The summed E-state index contributed by atoms with van der Waals surface area (Å²) >= 11 is 0. The first-order valence-electron chi connectivity index (χ1n) is 6.66. The average Bonchev–Trinajstić information content (AvgIpc) is 2.18. The van der Waals surface area contributed by atoms with Gasteiger partial charge in [-0.3, -0.25) is 0 Å². The van der Waals surface area contributed by atoms with Crippen molar-refractivity contribution in [3.8, 4) is 11.5 Å². The molecule has 1 atom stereocenters. The molecule has 0 aromatic carbocycles. The number of carbonyl (C=O) groups excluding carboxylic acids is 1. The zero-order valence-corrected chi connectivity index (χ0v) is 14.0. The summed E-state index contributed by atoms with van der Waals surface area (Å²) in [5.41, 5.74) is 2.72. The van der Waals surface area contributed by atoms with Crippen LogP contribution in [0.4, 0.5) is 4.79 Å². The number of alkyl carbamates (subject to hydrolysis) is 1. The topological polar surface area (TPSA) is 58.6 Å². The fourth-order valence-corrected chi connectivity index (χ4v) is 1.84. The van der Waals surface area contributed by atoms with E-state index in [1.54, 1.807) is 0 Å². The molecule has 0 aromatic rings. The molecule has 0 saturated carbocycles. The van der Waals surface area contributed by atoms with Gasteiger partial charge in [0.15, 0.2) is 0 Å². The molecule has 5 heteroatoms. The van der Waals surface area contributed by atoms with Crippen LogP contribution in [0.25, 0.3) is 0 Å². The lowest BCUT2D eigenvalue weighted by atomic mass is 10.2. The zero-order valence-electron chi connectivity index (χ0n) is 13.0. The molecule has 0 fully saturated rings. The fourth-order valence-electron chi connectivity index (χ4n) is 1.23. The van der Waals surface area contributed by atoms with Crippen molar-refractivity contribution in [3.05, 3.63) is 0 Å². The Kier molecular flexibility index (Phi) is 7.17. The lowest BCUT2D eigenvalue weighted by Gasteiger charge is -2.21. The molecule has 0 spiro atoms. The minimum atomic E-state index is -1.47. The van der Waals surface area contributed by atoms with Crippen LogP contribution in [0.5, 0.6) is 0 Å². The van der Waals surface area contributed by atoms with E-state index in [0.29, 0.717) is 12.8 Å². The van der Waals surface area contributed by atoms with Crippen LogP contribution < -0.4 is 5.32 Å². The molecule has 2 N–H and O–H groups in total. The highest BCUT2D eigenvalue weighted by atomic mass is 28.3. The van der Waals surface area contributed by atoms with E-state index in [-0.39, 0.29) is 12.6 Å². The first kappa shape index (κ1) is 18.0. The van der Waals surface area contributed by atoms with Gasteiger partial charge in [-0.2, -0.15) is 0 Å². The summed E-state index contributed by atoms with van der Waals surface area (Å²) in [6, 6.07) is -0.256. The summed E-state index contributed by atoms with van der Waals surface area (Å²) in [5.74, 6) is 3.10. The van der Waals surface area contributed by atoms with Gasteiger partial charge in [-0.15, -0.1) is 5.54 Å². The maximum Gasteiger partial charge on any atom is 0.408 e. The number of amides is 1. The van der Waals surface area contributed by atoms with E-state index in [9.17, 15) is 4.79 Å². The minimum absolute atomic E-state index is 0.0983. The lowest BCUT2D eigenvalue weighted by Crippen LogP contribution is -2.39. The summed E-state index contributed by atoms with van der Waals surface area (Å²) < 4.78 is 5.21. The Morgan fingerprint density at radius 2 is 1.95 bits per heavy atom. The lowest BCUT2D eigenvalue weighted by molar-refractivity contribution is 0.0513. The number of carbonyl (C=O) groups is 1. The minimum Gasteiger partial charge on any atom is -0.444 e. The Hall–Kier alpha value is -0.993. The quantitative estimate of drug-likeness (QED) is 0.616. The van der Waals surface area contributed by atoms with Gasteiger partial charge in [0, 0.05) is 6.61 Å². The van der Waals surface area contributed by atoms with Crippen LogP contribution in [-0.2, 0) is 4.74 Å². The number of hydrogen-bond donors (Lipinski definition) is 2. The molecule has 1 amide bonds. The van der Waals surface area contributed by atoms with Gasteiger partial charge in [-0.05, 0) is 33.6 Å². The first-order valence-corrected chi connectivity index (χ1v) is 10.2. The fraction of sp³-hybridized carbons (Fsp3) is 0.786. The third kappa shape index (κ3) is 11.8. The molecule has 0 aliphatic carbocycles. The SMILES string of the molecule is CC(C)(C)OC(=O)N[C@@H](C#C[Si](C)(C)C)CCCO. The molecule has 110 valence electrons. The normalized spacial score (nSPS) is 13.2. The molecule has 0 unspecified atom stereocenters. The number of hydrogen-bond acceptors (Lipinski definition) is 3. The summed E-state index contributed by atoms with van der Waals surface area (Å²) in [6.07, 6.45) is 0.786. The van der Waals surface area contributed by atoms with Crippen LogP contribution in [0, 0.1) is 11.5 Å². The third-order valence-electron chi connectivity index (χ3n) is 1.96. The van der Waals surface area contributed by atoms with Crippen molar-refractivity contribution in [3.63, 3.8) is 0 Å². The van der Waals surface area contributed by atoms with Crippen LogP contribution in [0.1, 0.15) is 33.6 Å². The smallest absolute Gasteiger partial charge is 0.408 e. The van der Waals surface area contributed by atoms with Crippen LogP contribution >= 0.6 is 0 Å². The highest BCUT2D eigenvalue weighted by Crippen LogP contribution is 2.07. The highest BCUT2D eigenvalue weighted by molar-refractivity contribution is 6.83. The molecule has 0 rings (SSSR count). The van der Waals surface area contributed by atoms with Gasteiger partial charge in [0.1, 0.15) is 13.7 Å². The molecule has 0 saturated heterocycles. The number of aliphatic hydroxyl groups is 1. The van der Waals surface area contributed by atoms with Crippen molar-refractivity contribution in [2.24, 2.45) is 0 Å². The van der Waals surface area contributed by atoms with Crippen molar-refractivity contribution >= 4 is 14.2 Å². The highest BCUT2D eigenvalue weighted by Gasteiger charge is 2.18. The van der Waals surface area contributed by atoms with E-state index in [4.69, 9.17) is 9.84 Å². The second-order valence-electron chi connectivity index (χ2n) is 6.58. The van der Waals surface area contributed by atoms with Gasteiger partial charge in [0.2, 0.25) is 0 Å². The second kappa shape index (κ2) is 7.56. The van der Waals surface area contributed by atoms with Gasteiger partial charge in [0.05, 0.1) is 6.04 Å². The Balaban J connectivity index is 4.58. The van der Waals surface area contributed by atoms with Gasteiger partial charge in [0.25, 0.3) is 0 Å². The Morgan fingerprint density at radius 3 is 2.37 bits per heavy atom. The maximum atomic E-state index is 11.7. The molecular weight excluding hydrogens is 258 g/mol. The van der Waals surface area contributed by atoms with E-state index in [2.05, 4.69) is 36.4 Å². The molecular formula is C14H27NO3Si. The Morgan fingerprint density at radius 1 is 1.37 bits per heavy atom. The summed E-state index contributed by atoms with van der Waals surface area (Å²) in [5, 5.41) is 11.6. The molecule has 4 nitrogen and oxygen atoms in total. The molecule has 0 heterocycles.